The van der Waals surface area contributed by atoms with Gasteiger partial charge in [0.2, 0.25) is 0 Å². The summed E-state index contributed by atoms with van der Waals surface area (Å²) < 4.78 is 0. The zero-order valence-corrected chi connectivity index (χ0v) is 9.75. The van der Waals surface area contributed by atoms with E-state index in [1.807, 2.05) is 13.0 Å². The minimum absolute atomic E-state index is 0.195. The van der Waals surface area contributed by atoms with E-state index in [2.05, 4.69) is 29.4 Å². The van der Waals surface area contributed by atoms with E-state index in [9.17, 15) is 0 Å². The Bertz CT molecular complexity index is 309. The molecule has 84 valence electrons. The Balaban J connectivity index is 2.49. The van der Waals surface area contributed by atoms with Gasteiger partial charge in [-0.2, -0.15) is 5.10 Å². The second kappa shape index (κ2) is 5.07. The van der Waals surface area contributed by atoms with E-state index in [4.69, 9.17) is 5.73 Å². The summed E-state index contributed by atoms with van der Waals surface area (Å²) >= 11 is 0. The zero-order chi connectivity index (χ0) is 11.3. The van der Waals surface area contributed by atoms with Crippen molar-refractivity contribution in [2.75, 3.05) is 18.4 Å². The lowest BCUT2D eigenvalue weighted by Gasteiger charge is -2.24. The van der Waals surface area contributed by atoms with Gasteiger partial charge < -0.3 is 11.1 Å². The van der Waals surface area contributed by atoms with Gasteiger partial charge in [-0.05, 0) is 36.9 Å². The molecule has 15 heavy (non-hydrogen) atoms. The van der Waals surface area contributed by atoms with Crippen LogP contribution in [0.3, 0.4) is 0 Å². The molecule has 0 atom stereocenters. The van der Waals surface area contributed by atoms with E-state index in [-0.39, 0.29) is 5.41 Å². The molecular formula is C11H20N4. The molecule has 0 aliphatic rings. The Kier molecular flexibility index (Phi) is 4.03. The summed E-state index contributed by atoms with van der Waals surface area (Å²) in [5.74, 6) is 0.833. The maximum absolute atomic E-state index is 5.55. The van der Waals surface area contributed by atoms with Crippen molar-refractivity contribution < 1.29 is 0 Å². The first-order chi connectivity index (χ1) is 7.03. The second-order valence-corrected chi connectivity index (χ2v) is 4.67. The minimum atomic E-state index is 0.195. The summed E-state index contributed by atoms with van der Waals surface area (Å²) in [4.78, 5) is 0. The van der Waals surface area contributed by atoms with Gasteiger partial charge in [-0.15, -0.1) is 5.10 Å². The fourth-order valence-electron chi connectivity index (χ4n) is 1.36. The van der Waals surface area contributed by atoms with E-state index < -0.39 is 0 Å². The van der Waals surface area contributed by atoms with Crippen molar-refractivity contribution in [2.24, 2.45) is 11.1 Å². The molecule has 1 heterocycles. The van der Waals surface area contributed by atoms with Crippen LogP contribution in [0.15, 0.2) is 12.3 Å². The van der Waals surface area contributed by atoms with E-state index in [1.165, 1.54) is 0 Å². The van der Waals surface area contributed by atoms with Gasteiger partial charge in [0, 0.05) is 6.54 Å². The van der Waals surface area contributed by atoms with Crippen molar-refractivity contribution in [3.63, 3.8) is 0 Å². The molecule has 1 aromatic heterocycles. The molecular weight excluding hydrogens is 188 g/mol. The fourth-order valence-corrected chi connectivity index (χ4v) is 1.36. The monoisotopic (exact) mass is 208 g/mol. The van der Waals surface area contributed by atoms with Crippen LogP contribution in [0, 0.1) is 12.3 Å². The predicted molar refractivity (Wildman–Crippen MR) is 62.7 cm³/mol. The SMILES string of the molecule is Cc1cnnc(NCC(C)(C)CCN)c1. The Morgan fingerprint density at radius 3 is 2.80 bits per heavy atom. The quantitative estimate of drug-likeness (QED) is 0.771. The van der Waals surface area contributed by atoms with Crippen LogP contribution in [0.5, 0.6) is 0 Å². The van der Waals surface area contributed by atoms with Gasteiger partial charge in [0.15, 0.2) is 0 Å². The third-order valence-electron chi connectivity index (χ3n) is 2.36. The van der Waals surface area contributed by atoms with Crippen molar-refractivity contribution in [1.29, 1.82) is 0 Å². The molecule has 0 aromatic carbocycles. The number of aryl methyl sites for hydroxylation is 1. The van der Waals surface area contributed by atoms with Gasteiger partial charge in [0.1, 0.15) is 5.82 Å². The summed E-state index contributed by atoms with van der Waals surface area (Å²) in [7, 11) is 0. The summed E-state index contributed by atoms with van der Waals surface area (Å²) in [5.41, 5.74) is 6.86. The lowest BCUT2D eigenvalue weighted by atomic mass is 9.89. The van der Waals surface area contributed by atoms with Crippen LogP contribution in [0.2, 0.25) is 0 Å². The molecule has 1 aromatic rings. The normalized spacial score (nSPS) is 11.5. The van der Waals surface area contributed by atoms with Gasteiger partial charge >= 0.3 is 0 Å². The zero-order valence-electron chi connectivity index (χ0n) is 9.75. The molecule has 0 amide bonds. The van der Waals surface area contributed by atoms with Gasteiger partial charge in [-0.25, -0.2) is 0 Å². The van der Waals surface area contributed by atoms with Crippen LogP contribution in [0.25, 0.3) is 0 Å². The standard InChI is InChI=1S/C11H20N4/c1-9-6-10(15-14-7-9)13-8-11(2,3)4-5-12/h6-7H,4-5,8,12H2,1-3H3,(H,13,15). The van der Waals surface area contributed by atoms with E-state index >= 15 is 0 Å². The van der Waals surface area contributed by atoms with Gasteiger partial charge in [-0.1, -0.05) is 13.8 Å². The minimum Gasteiger partial charge on any atom is -0.368 e. The number of nitrogens with two attached hydrogens (primary N) is 1. The topological polar surface area (TPSA) is 63.8 Å². The van der Waals surface area contributed by atoms with Crippen LogP contribution in [-0.4, -0.2) is 23.3 Å². The summed E-state index contributed by atoms with van der Waals surface area (Å²) in [6, 6.07) is 1.99. The van der Waals surface area contributed by atoms with Crippen LogP contribution in [-0.2, 0) is 0 Å². The summed E-state index contributed by atoms with van der Waals surface area (Å²) in [5, 5.41) is 11.2. The van der Waals surface area contributed by atoms with Crippen LogP contribution >= 0.6 is 0 Å². The number of hydrogen-bond donors (Lipinski definition) is 2. The van der Waals surface area contributed by atoms with Crippen LogP contribution < -0.4 is 11.1 Å². The first-order valence-electron chi connectivity index (χ1n) is 5.27. The number of anilines is 1. The lowest BCUT2D eigenvalue weighted by molar-refractivity contribution is 0.365. The smallest absolute Gasteiger partial charge is 0.148 e. The molecule has 0 radical (unpaired) electrons. The average Bonchev–Trinajstić information content (AvgIpc) is 2.15. The van der Waals surface area contributed by atoms with Crippen molar-refractivity contribution in [3.05, 3.63) is 17.8 Å². The van der Waals surface area contributed by atoms with E-state index in [0.717, 1.165) is 24.3 Å². The second-order valence-electron chi connectivity index (χ2n) is 4.67. The molecule has 0 saturated carbocycles. The Hall–Kier alpha value is -1.16. The molecule has 0 aliphatic carbocycles. The highest BCUT2D eigenvalue weighted by Gasteiger charge is 2.16. The van der Waals surface area contributed by atoms with Gasteiger partial charge in [0.05, 0.1) is 6.20 Å². The number of nitrogens with one attached hydrogen (secondary N) is 1. The molecule has 0 fully saturated rings. The summed E-state index contributed by atoms with van der Waals surface area (Å²) in [6.07, 6.45) is 2.75. The highest BCUT2D eigenvalue weighted by molar-refractivity contribution is 5.35. The average molecular weight is 208 g/mol. The number of nitrogens with zero attached hydrogens (tertiary/aromatic N) is 2. The highest BCUT2D eigenvalue weighted by atomic mass is 15.2. The molecule has 0 saturated heterocycles. The van der Waals surface area contributed by atoms with Crippen molar-refractivity contribution in [2.45, 2.75) is 27.2 Å². The summed E-state index contributed by atoms with van der Waals surface area (Å²) in [6.45, 7) is 7.97. The molecule has 3 N–H and O–H groups in total. The Labute approximate surface area is 91.3 Å². The maximum Gasteiger partial charge on any atom is 0.148 e. The van der Waals surface area contributed by atoms with Crippen molar-refractivity contribution >= 4 is 5.82 Å². The van der Waals surface area contributed by atoms with E-state index in [1.54, 1.807) is 6.20 Å². The van der Waals surface area contributed by atoms with Crippen molar-refractivity contribution in [3.8, 4) is 0 Å². The van der Waals surface area contributed by atoms with Gasteiger partial charge in [-0.3, -0.25) is 0 Å². The van der Waals surface area contributed by atoms with Gasteiger partial charge in [0.25, 0.3) is 0 Å². The first-order valence-corrected chi connectivity index (χ1v) is 5.27. The molecule has 4 heteroatoms. The molecule has 0 unspecified atom stereocenters. The number of rotatable bonds is 5. The third kappa shape index (κ3) is 4.25. The Morgan fingerprint density at radius 1 is 1.47 bits per heavy atom. The largest absolute Gasteiger partial charge is 0.368 e. The predicted octanol–water partition coefficient (Wildman–Crippen LogP) is 1.57. The van der Waals surface area contributed by atoms with Crippen LogP contribution in [0.4, 0.5) is 5.82 Å². The van der Waals surface area contributed by atoms with Crippen molar-refractivity contribution in [1.82, 2.24) is 10.2 Å². The number of aromatic nitrogens is 2. The molecule has 1 rings (SSSR count). The highest BCUT2D eigenvalue weighted by Crippen LogP contribution is 2.19. The number of hydrogen-bond acceptors (Lipinski definition) is 4. The first kappa shape index (κ1) is 11.9. The third-order valence-corrected chi connectivity index (χ3v) is 2.36. The lowest BCUT2D eigenvalue weighted by Crippen LogP contribution is -2.26. The molecule has 0 bridgehead atoms. The fraction of sp³-hybridized carbons (Fsp3) is 0.636. The maximum atomic E-state index is 5.55. The van der Waals surface area contributed by atoms with E-state index in [0.29, 0.717) is 6.54 Å². The Morgan fingerprint density at radius 2 is 2.20 bits per heavy atom. The molecule has 4 nitrogen and oxygen atoms in total. The molecule has 0 spiro atoms. The molecule has 0 aliphatic heterocycles. The van der Waals surface area contributed by atoms with Crippen LogP contribution in [0.1, 0.15) is 25.8 Å².